The van der Waals surface area contributed by atoms with Crippen molar-refractivity contribution in [2.24, 2.45) is 17.8 Å². The van der Waals surface area contributed by atoms with E-state index < -0.39 is 5.97 Å². The molecule has 2 aromatic carbocycles. The first kappa shape index (κ1) is 20.3. The topological polar surface area (TPSA) is 57.5 Å². The molecule has 2 N–H and O–H groups in total. The van der Waals surface area contributed by atoms with Crippen molar-refractivity contribution in [3.05, 3.63) is 58.9 Å². The molecule has 4 bridgehead atoms. The van der Waals surface area contributed by atoms with E-state index in [1.54, 1.807) is 37.3 Å². The van der Waals surface area contributed by atoms with Crippen molar-refractivity contribution in [3.8, 4) is 16.9 Å². The molecule has 4 aliphatic rings. The van der Waals surface area contributed by atoms with E-state index in [1.807, 2.05) is 6.07 Å². The maximum absolute atomic E-state index is 14.8. The molecule has 3 nitrogen and oxygen atoms in total. The van der Waals surface area contributed by atoms with E-state index in [9.17, 15) is 19.4 Å². The summed E-state index contributed by atoms with van der Waals surface area (Å²) in [4.78, 5) is 11.4. The van der Waals surface area contributed by atoms with Crippen molar-refractivity contribution in [1.82, 2.24) is 0 Å². The van der Waals surface area contributed by atoms with E-state index in [-0.39, 0.29) is 16.8 Å². The van der Waals surface area contributed by atoms with Gasteiger partial charge in [-0.2, -0.15) is 0 Å². The van der Waals surface area contributed by atoms with Gasteiger partial charge in [0.2, 0.25) is 0 Å². The fourth-order valence-electron chi connectivity index (χ4n) is 6.94. The highest BCUT2D eigenvalue weighted by Crippen LogP contribution is 2.62. The van der Waals surface area contributed by atoms with E-state index in [0.717, 1.165) is 48.1 Å². The Balaban J connectivity index is 1.56. The average molecular weight is 421 g/mol. The van der Waals surface area contributed by atoms with Gasteiger partial charge < -0.3 is 10.2 Å². The maximum Gasteiger partial charge on any atom is 0.331 e. The summed E-state index contributed by atoms with van der Waals surface area (Å²) in [7, 11) is 0. The zero-order chi connectivity index (χ0) is 21.8. The molecule has 0 aliphatic heterocycles. The van der Waals surface area contributed by atoms with Crippen molar-refractivity contribution >= 4 is 12.0 Å². The quantitative estimate of drug-likeness (QED) is 0.540. The number of carboxylic acid groups (broad SMARTS) is 1. The predicted octanol–water partition coefficient (Wildman–Crippen LogP) is 6.54. The summed E-state index contributed by atoms with van der Waals surface area (Å²) >= 11 is 0. The van der Waals surface area contributed by atoms with Gasteiger partial charge in [0, 0.05) is 16.7 Å². The third-order valence-corrected chi connectivity index (χ3v) is 7.90. The fraction of sp³-hybridized carbons (Fsp3) is 0.444. The monoisotopic (exact) mass is 420 g/mol. The van der Waals surface area contributed by atoms with Gasteiger partial charge in [-0.15, -0.1) is 0 Å². The van der Waals surface area contributed by atoms with Crippen LogP contribution in [0.5, 0.6) is 5.75 Å². The number of benzene rings is 2. The van der Waals surface area contributed by atoms with Crippen molar-refractivity contribution < 1.29 is 19.4 Å². The molecular formula is C27H29FO3. The van der Waals surface area contributed by atoms with Crippen LogP contribution in [0.2, 0.25) is 0 Å². The van der Waals surface area contributed by atoms with E-state index in [1.165, 1.54) is 25.3 Å². The summed E-state index contributed by atoms with van der Waals surface area (Å²) in [5.41, 5.74) is 3.13. The smallest absolute Gasteiger partial charge is 0.331 e. The molecule has 0 unspecified atom stereocenters. The molecule has 6 rings (SSSR count). The maximum atomic E-state index is 14.8. The fourth-order valence-corrected chi connectivity index (χ4v) is 6.94. The second-order valence-corrected chi connectivity index (χ2v) is 10.00. The van der Waals surface area contributed by atoms with Crippen LogP contribution in [0.25, 0.3) is 17.2 Å². The van der Waals surface area contributed by atoms with Gasteiger partial charge in [0.05, 0.1) is 0 Å². The third kappa shape index (κ3) is 3.56. The first-order valence-corrected chi connectivity index (χ1v) is 11.4. The number of phenols is 1. The van der Waals surface area contributed by atoms with Gasteiger partial charge in [-0.05, 0) is 110 Å². The van der Waals surface area contributed by atoms with Gasteiger partial charge in [-0.3, -0.25) is 0 Å². The zero-order valence-electron chi connectivity index (χ0n) is 17.9. The summed E-state index contributed by atoms with van der Waals surface area (Å²) in [6, 6.07) is 10.2. The summed E-state index contributed by atoms with van der Waals surface area (Å²) in [5, 5.41) is 20.1. The van der Waals surface area contributed by atoms with Gasteiger partial charge in [0.1, 0.15) is 11.6 Å². The molecule has 0 spiro atoms. The molecule has 4 aliphatic carbocycles. The van der Waals surface area contributed by atoms with Crippen LogP contribution in [0, 0.1) is 23.6 Å². The van der Waals surface area contributed by atoms with E-state index in [4.69, 9.17) is 0 Å². The highest BCUT2D eigenvalue weighted by Gasteiger charge is 2.52. The highest BCUT2D eigenvalue weighted by atomic mass is 19.1. The number of carbonyl (C=O) groups is 1. The van der Waals surface area contributed by atoms with Crippen LogP contribution in [0.4, 0.5) is 4.39 Å². The number of halogens is 1. The van der Waals surface area contributed by atoms with Gasteiger partial charge in [0.15, 0.2) is 0 Å². The number of rotatable bonds is 5. The molecule has 4 fully saturated rings. The minimum atomic E-state index is -0.956. The van der Waals surface area contributed by atoms with Crippen LogP contribution in [-0.4, -0.2) is 16.2 Å². The Hall–Kier alpha value is -2.62. The third-order valence-electron chi connectivity index (χ3n) is 7.90. The summed E-state index contributed by atoms with van der Waals surface area (Å²) in [6.07, 6.45) is 9.35. The Morgan fingerprint density at radius 1 is 1.06 bits per heavy atom. The lowest BCUT2D eigenvalue weighted by Crippen LogP contribution is -2.48. The normalized spacial score (nSPS) is 29.4. The number of aliphatic carboxylic acids is 1. The molecule has 4 saturated carbocycles. The van der Waals surface area contributed by atoms with E-state index in [0.29, 0.717) is 23.3 Å². The predicted molar refractivity (Wildman–Crippen MR) is 119 cm³/mol. The highest BCUT2D eigenvalue weighted by molar-refractivity contribution is 5.92. The Bertz CT molecular complexity index is 1030. The second kappa shape index (κ2) is 7.51. The zero-order valence-corrected chi connectivity index (χ0v) is 17.9. The largest absolute Gasteiger partial charge is 0.508 e. The van der Waals surface area contributed by atoms with Crippen molar-refractivity contribution in [1.29, 1.82) is 0 Å². The number of aromatic hydroxyl groups is 1. The van der Waals surface area contributed by atoms with Gasteiger partial charge >= 0.3 is 5.97 Å². The Morgan fingerprint density at radius 3 is 2.29 bits per heavy atom. The molecule has 0 amide bonds. The van der Waals surface area contributed by atoms with E-state index in [2.05, 4.69) is 0 Å². The summed E-state index contributed by atoms with van der Waals surface area (Å²) in [6.45, 7) is 1.79. The van der Waals surface area contributed by atoms with Gasteiger partial charge in [-0.25, -0.2) is 9.18 Å². The van der Waals surface area contributed by atoms with E-state index >= 15 is 0 Å². The van der Waals surface area contributed by atoms with Crippen LogP contribution < -0.4 is 0 Å². The standard InChI is InChI=1S/C27H29FO3/c1-2-20(26(30)31)10-16-3-5-24(28)22(11-16)21-4-6-25(29)23(12-21)27-13-17-7-18(14-27)9-19(8-17)15-27/h3-6,10-12,17-19,29H,2,7-9,13-15H2,1H3,(H,30,31). The molecule has 4 heteroatoms. The number of phenolic OH excluding ortho intramolecular Hbond substituents is 1. The number of hydrogen-bond donors (Lipinski definition) is 2. The van der Waals surface area contributed by atoms with Crippen LogP contribution in [0.15, 0.2) is 42.0 Å². The summed E-state index contributed by atoms with van der Waals surface area (Å²) in [5.74, 6) is 1.28. The van der Waals surface area contributed by atoms with Crippen molar-refractivity contribution in [2.75, 3.05) is 0 Å². The molecule has 0 aromatic heterocycles. The SMILES string of the molecule is CCC(=Cc1ccc(F)c(-c2ccc(O)c(C34CC5CC(CC(C5)C3)C4)c2)c1)C(=O)O. The Morgan fingerprint density at radius 2 is 1.71 bits per heavy atom. The Labute approximate surface area is 182 Å². The lowest BCUT2D eigenvalue weighted by Gasteiger charge is -2.57. The van der Waals surface area contributed by atoms with Crippen molar-refractivity contribution in [3.63, 3.8) is 0 Å². The molecule has 0 saturated heterocycles. The molecule has 0 heterocycles. The first-order valence-electron chi connectivity index (χ1n) is 11.4. The first-order chi connectivity index (χ1) is 14.9. The number of hydrogen-bond acceptors (Lipinski definition) is 2. The molecule has 162 valence electrons. The molecule has 0 radical (unpaired) electrons. The Kier molecular flexibility index (Phi) is 4.91. The molecular weight excluding hydrogens is 391 g/mol. The summed E-state index contributed by atoms with van der Waals surface area (Å²) < 4.78 is 14.8. The lowest BCUT2D eigenvalue weighted by molar-refractivity contribution is -0.132. The molecule has 31 heavy (non-hydrogen) atoms. The minimum absolute atomic E-state index is 0.0154. The molecule has 2 aromatic rings. The second-order valence-electron chi connectivity index (χ2n) is 10.00. The van der Waals surface area contributed by atoms with Crippen LogP contribution in [0.1, 0.15) is 63.0 Å². The minimum Gasteiger partial charge on any atom is -0.508 e. The van der Waals surface area contributed by atoms with Crippen LogP contribution in [0.3, 0.4) is 0 Å². The van der Waals surface area contributed by atoms with Crippen LogP contribution in [-0.2, 0) is 10.2 Å². The lowest BCUT2D eigenvalue weighted by atomic mass is 9.48. The van der Waals surface area contributed by atoms with Gasteiger partial charge in [-0.1, -0.05) is 19.1 Å². The molecule has 0 atom stereocenters. The van der Waals surface area contributed by atoms with Crippen LogP contribution >= 0.6 is 0 Å². The number of carboxylic acids is 1. The average Bonchev–Trinajstić information content (AvgIpc) is 2.72. The van der Waals surface area contributed by atoms with Crippen molar-refractivity contribution in [2.45, 2.75) is 57.3 Å². The van der Waals surface area contributed by atoms with Gasteiger partial charge in [0.25, 0.3) is 0 Å².